The van der Waals surface area contributed by atoms with Gasteiger partial charge in [0.05, 0.1) is 10.9 Å². The second kappa shape index (κ2) is 8.99. The van der Waals surface area contributed by atoms with Crippen molar-refractivity contribution in [3.63, 3.8) is 0 Å². The molecule has 3 aromatic rings. The molecular formula is C25H20Cl3N3O4. The van der Waals surface area contributed by atoms with Crippen LogP contribution in [0.15, 0.2) is 60.7 Å². The van der Waals surface area contributed by atoms with Gasteiger partial charge in [-0.2, -0.15) is 0 Å². The molecule has 2 aliphatic heterocycles. The fourth-order valence-electron chi connectivity index (χ4n) is 5.19. The van der Waals surface area contributed by atoms with Gasteiger partial charge >= 0.3 is 0 Å². The van der Waals surface area contributed by atoms with E-state index in [0.717, 1.165) is 5.56 Å². The molecule has 2 heterocycles. The van der Waals surface area contributed by atoms with E-state index in [0.29, 0.717) is 37.6 Å². The molecule has 180 valence electrons. The van der Waals surface area contributed by atoms with Gasteiger partial charge in [-0.3, -0.25) is 20.2 Å². The second-order valence-electron chi connectivity index (χ2n) is 8.71. The molecule has 0 radical (unpaired) electrons. The minimum Gasteiger partial charge on any atom is -0.487 e. The molecule has 3 aromatic carbocycles. The summed E-state index contributed by atoms with van der Waals surface area (Å²) in [7, 11) is 0. The first-order valence-electron chi connectivity index (χ1n) is 10.9. The number of nitro groups is 1. The predicted molar refractivity (Wildman–Crippen MR) is 135 cm³/mol. The number of nitrogens with one attached hydrogen (secondary N) is 2. The third-order valence-corrected chi connectivity index (χ3v) is 7.58. The van der Waals surface area contributed by atoms with Crippen molar-refractivity contribution in [1.29, 1.82) is 0 Å². The van der Waals surface area contributed by atoms with Crippen LogP contribution in [0.1, 0.15) is 29.5 Å². The maximum Gasteiger partial charge on any atom is 0.256 e. The van der Waals surface area contributed by atoms with Crippen LogP contribution in [0.25, 0.3) is 0 Å². The zero-order valence-electron chi connectivity index (χ0n) is 18.4. The minimum atomic E-state index is -1.48. The summed E-state index contributed by atoms with van der Waals surface area (Å²) in [5.41, 5.74) is 1.06. The molecule has 1 fully saturated rings. The lowest BCUT2D eigenvalue weighted by atomic mass is 9.78. The Hall–Kier alpha value is -2.84. The number of benzene rings is 3. The normalized spacial score (nSPS) is 24.9. The molecule has 7 nitrogen and oxygen atoms in total. The smallest absolute Gasteiger partial charge is 0.256 e. The Bertz CT molecular complexity index is 1350. The molecule has 4 atom stereocenters. The van der Waals surface area contributed by atoms with Crippen molar-refractivity contribution >= 4 is 46.4 Å². The monoisotopic (exact) mass is 531 g/mol. The minimum absolute atomic E-state index is 0.175. The lowest BCUT2D eigenvalue weighted by Crippen LogP contribution is -2.54. The fraction of sp³-hybridized carbons (Fsp3) is 0.240. The summed E-state index contributed by atoms with van der Waals surface area (Å²) in [5, 5.41) is 19.8. The Balaban J connectivity index is 1.46. The number of nitrogens with zero attached hydrogens (tertiary/aromatic N) is 1. The molecule has 0 unspecified atom stereocenters. The number of carbonyl (C=O) groups is 1. The predicted octanol–water partition coefficient (Wildman–Crippen LogP) is 5.79. The van der Waals surface area contributed by atoms with E-state index in [1.54, 1.807) is 60.7 Å². The SMILES string of the molecule is C[C@@H]1N[C@]2(C(=O)Nc3ccccc32)[C@H]([N+](=O)[O-])[C@@H]1c1ccc(OCc2ccc(Cl)cc2Cl)c(Cl)c1. The largest absolute Gasteiger partial charge is 0.487 e. The van der Waals surface area contributed by atoms with E-state index < -0.39 is 23.4 Å². The summed E-state index contributed by atoms with van der Waals surface area (Å²) in [4.78, 5) is 25.2. The van der Waals surface area contributed by atoms with Crippen LogP contribution >= 0.6 is 34.8 Å². The van der Waals surface area contributed by atoms with Gasteiger partial charge in [0.1, 0.15) is 12.4 Å². The summed E-state index contributed by atoms with van der Waals surface area (Å²) in [5.74, 6) is -0.629. The van der Waals surface area contributed by atoms with Gasteiger partial charge in [0.15, 0.2) is 5.54 Å². The van der Waals surface area contributed by atoms with Crippen molar-refractivity contribution in [2.24, 2.45) is 0 Å². The van der Waals surface area contributed by atoms with Gasteiger partial charge < -0.3 is 10.1 Å². The first kappa shape index (κ1) is 23.9. The van der Waals surface area contributed by atoms with E-state index in [4.69, 9.17) is 39.5 Å². The highest BCUT2D eigenvalue weighted by atomic mass is 35.5. The molecule has 2 N–H and O–H groups in total. The van der Waals surface area contributed by atoms with Crippen molar-refractivity contribution in [3.8, 4) is 5.75 Å². The molecule has 2 aliphatic rings. The molecule has 0 saturated carbocycles. The summed E-state index contributed by atoms with van der Waals surface area (Å²) >= 11 is 18.7. The first-order valence-corrected chi connectivity index (χ1v) is 12.0. The molecule has 35 heavy (non-hydrogen) atoms. The van der Waals surface area contributed by atoms with Crippen LogP contribution in [-0.2, 0) is 16.9 Å². The average molecular weight is 533 g/mol. The van der Waals surface area contributed by atoms with Crippen molar-refractivity contribution in [2.75, 3.05) is 5.32 Å². The van der Waals surface area contributed by atoms with Gasteiger partial charge in [-0.05, 0) is 42.8 Å². The van der Waals surface area contributed by atoms with Crippen LogP contribution in [0.5, 0.6) is 5.75 Å². The second-order valence-corrected chi connectivity index (χ2v) is 9.96. The standard InChI is InChI=1S/C25H20Cl3N3O4/c1-13-22(23(31(33)34)25(30-13)17-4-2-3-5-20(17)29-24(25)32)14-7-9-21(19(28)10-14)35-12-15-6-8-16(26)11-18(15)27/h2-11,13,22-23,30H,12H2,1H3,(H,29,32)/t13-,22-,23+,25-/m0/s1. The summed E-state index contributed by atoms with van der Waals surface area (Å²) in [6, 6.07) is 15.6. The quantitative estimate of drug-likeness (QED) is 0.320. The van der Waals surface area contributed by atoms with E-state index in [-0.39, 0.29) is 17.6 Å². The molecule has 1 spiro atoms. The van der Waals surface area contributed by atoms with Crippen LogP contribution in [-0.4, -0.2) is 22.9 Å². The van der Waals surface area contributed by atoms with Crippen molar-refractivity contribution in [2.45, 2.75) is 37.1 Å². The number of ether oxygens (including phenoxy) is 1. The number of fused-ring (bicyclic) bond motifs is 2. The van der Waals surface area contributed by atoms with Crippen LogP contribution in [0.3, 0.4) is 0 Å². The zero-order valence-corrected chi connectivity index (χ0v) is 20.7. The van der Waals surface area contributed by atoms with E-state index in [1.807, 2.05) is 6.92 Å². The lowest BCUT2D eigenvalue weighted by Gasteiger charge is -2.25. The molecule has 5 rings (SSSR count). The molecular weight excluding hydrogens is 513 g/mol. The zero-order chi connectivity index (χ0) is 24.9. The number of hydrogen-bond donors (Lipinski definition) is 2. The first-order chi connectivity index (χ1) is 16.7. The summed E-state index contributed by atoms with van der Waals surface area (Å²) in [6.45, 7) is 2.01. The Morgan fingerprint density at radius 2 is 1.83 bits per heavy atom. The molecule has 0 aromatic heterocycles. The third-order valence-electron chi connectivity index (χ3n) is 6.70. The summed E-state index contributed by atoms with van der Waals surface area (Å²) in [6.07, 6.45) is 0. The topological polar surface area (TPSA) is 93.5 Å². The fourth-order valence-corrected chi connectivity index (χ4v) is 5.90. The van der Waals surface area contributed by atoms with E-state index in [1.165, 1.54) is 0 Å². The number of rotatable bonds is 5. The van der Waals surface area contributed by atoms with Gasteiger partial charge in [-0.15, -0.1) is 0 Å². The van der Waals surface area contributed by atoms with Gasteiger partial charge in [-0.25, -0.2) is 0 Å². The Kier molecular flexibility index (Phi) is 6.13. The number of anilines is 1. The Morgan fingerprint density at radius 1 is 1.06 bits per heavy atom. The number of hydrogen-bond acceptors (Lipinski definition) is 5. The van der Waals surface area contributed by atoms with Crippen molar-refractivity contribution in [3.05, 3.63) is 103 Å². The maximum atomic E-state index is 13.1. The molecule has 1 amide bonds. The Morgan fingerprint density at radius 3 is 2.54 bits per heavy atom. The number of amides is 1. The average Bonchev–Trinajstić information content (AvgIpc) is 3.28. The number of halogens is 3. The van der Waals surface area contributed by atoms with Crippen LogP contribution in [0.2, 0.25) is 15.1 Å². The number of carbonyl (C=O) groups excluding carboxylic acids is 1. The van der Waals surface area contributed by atoms with Crippen LogP contribution in [0, 0.1) is 10.1 Å². The molecule has 0 aliphatic carbocycles. The third kappa shape index (κ3) is 3.93. The van der Waals surface area contributed by atoms with E-state index in [9.17, 15) is 14.9 Å². The highest BCUT2D eigenvalue weighted by molar-refractivity contribution is 6.35. The van der Waals surface area contributed by atoms with E-state index >= 15 is 0 Å². The van der Waals surface area contributed by atoms with Crippen molar-refractivity contribution < 1.29 is 14.5 Å². The van der Waals surface area contributed by atoms with Crippen LogP contribution < -0.4 is 15.4 Å². The molecule has 10 heteroatoms. The van der Waals surface area contributed by atoms with Crippen LogP contribution in [0.4, 0.5) is 5.69 Å². The van der Waals surface area contributed by atoms with E-state index in [2.05, 4.69) is 10.6 Å². The van der Waals surface area contributed by atoms with Gasteiger partial charge in [-0.1, -0.05) is 65.1 Å². The highest BCUT2D eigenvalue weighted by Gasteiger charge is 2.67. The highest BCUT2D eigenvalue weighted by Crippen LogP contribution is 2.50. The molecule has 0 bridgehead atoms. The Labute approximate surface area is 216 Å². The van der Waals surface area contributed by atoms with Crippen molar-refractivity contribution in [1.82, 2.24) is 5.32 Å². The van der Waals surface area contributed by atoms with Gasteiger partial charge in [0, 0.05) is 37.8 Å². The summed E-state index contributed by atoms with van der Waals surface area (Å²) < 4.78 is 5.85. The maximum absolute atomic E-state index is 13.1. The number of para-hydroxylation sites is 1. The van der Waals surface area contributed by atoms with Gasteiger partial charge in [0.25, 0.3) is 11.9 Å². The lowest BCUT2D eigenvalue weighted by molar-refractivity contribution is -0.532. The van der Waals surface area contributed by atoms with Gasteiger partial charge in [0.2, 0.25) is 0 Å². The molecule has 1 saturated heterocycles.